The van der Waals surface area contributed by atoms with Crippen LogP contribution in [-0.4, -0.2) is 83.9 Å². The summed E-state index contributed by atoms with van der Waals surface area (Å²) in [6.45, 7) is 4.82. The Morgan fingerprint density at radius 1 is 0.903 bits per heavy atom. The van der Waals surface area contributed by atoms with Crippen LogP contribution in [0.5, 0.6) is 0 Å². The number of hydrogen-bond donors (Lipinski definition) is 0. The van der Waals surface area contributed by atoms with Crippen LogP contribution in [0.25, 0.3) is 0 Å². The second kappa shape index (κ2) is 8.71. The van der Waals surface area contributed by atoms with Gasteiger partial charge >= 0.3 is 0 Å². The fourth-order valence-electron chi connectivity index (χ4n) is 5.46. The van der Waals surface area contributed by atoms with E-state index >= 15 is 0 Å². The zero-order valence-corrected chi connectivity index (χ0v) is 18.1. The Kier molecular flexibility index (Phi) is 5.80. The third-order valence-electron chi connectivity index (χ3n) is 7.25. The van der Waals surface area contributed by atoms with Gasteiger partial charge in [0.2, 0.25) is 0 Å². The molecule has 1 aliphatic carbocycles. The lowest BCUT2D eigenvalue weighted by Crippen LogP contribution is -2.50. The molecule has 1 saturated carbocycles. The van der Waals surface area contributed by atoms with Gasteiger partial charge in [-0.2, -0.15) is 0 Å². The molecule has 3 fully saturated rings. The summed E-state index contributed by atoms with van der Waals surface area (Å²) in [4.78, 5) is 44.7. The minimum Gasteiger partial charge on any atom is -0.377 e. The summed E-state index contributed by atoms with van der Waals surface area (Å²) in [5.41, 5.74) is 1.32. The fraction of sp³-hybridized carbons (Fsp3) is 0.625. The molecule has 1 atom stereocenters. The summed E-state index contributed by atoms with van der Waals surface area (Å²) in [5, 5.41) is 0. The Morgan fingerprint density at radius 2 is 1.65 bits per heavy atom. The number of amides is 3. The number of hydrogen-bond acceptors (Lipinski definition) is 5. The topological polar surface area (TPSA) is 70.2 Å². The van der Waals surface area contributed by atoms with E-state index in [1.165, 1.54) is 11.3 Å². The van der Waals surface area contributed by atoms with Gasteiger partial charge in [0.1, 0.15) is 0 Å². The van der Waals surface area contributed by atoms with E-state index in [0.717, 1.165) is 64.8 Å². The lowest BCUT2D eigenvalue weighted by atomic mass is 9.94. The van der Waals surface area contributed by atoms with E-state index in [4.69, 9.17) is 4.74 Å². The third-order valence-corrected chi connectivity index (χ3v) is 7.25. The van der Waals surface area contributed by atoms with Gasteiger partial charge in [-0.05, 0) is 43.9 Å². The summed E-state index contributed by atoms with van der Waals surface area (Å²) >= 11 is 0. The zero-order valence-electron chi connectivity index (χ0n) is 18.1. The Bertz CT molecular complexity index is 866. The molecule has 1 aromatic rings. The molecular formula is C24H31N3O4. The number of carbonyl (C=O) groups excluding carboxylic acids is 3. The first-order chi connectivity index (χ1) is 15.1. The molecule has 0 radical (unpaired) electrons. The van der Waals surface area contributed by atoms with Gasteiger partial charge in [-0.3, -0.25) is 24.2 Å². The average Bonchev–Trinajstić information content (AvgIpc) is 3.40. The summed E-state index contributed by atoms with van der Waals surface area (Å²) in [5.74, 6) is -0.493. The third kappa shape index (κ3) is 4.01. The van der Waals surface area contributed by atoms with E-state index in [9.17, 15) is 14.4 Å². The van der Waals surface area contributed by atoms with E-state index in [2.05, 4.69) is 4.90 Å². The summed E-state index contributed by atoms with van der Waals surface area (Å²) in [7, 11) is 0. The number of carbonyl (C=O) groups is 3. The maximum absolute atomic E-state index is 13.1. The minimum absolute atomic E-state index is 0.00257. The summed E-state index contributed by atoms with van der Waals surface area (Å²) in [6.07, 6.45) is 7.64. The molecule has 1 aromatic carbocycles. The number of fused-ring (bicyclic) bond motifs is 1. The van der Waals surface area contributed by atoms with Gasteiger partial charge in [0, 0.05) is 50.9 Å². The highest BCUT2D eigenvalue weighted by Crippen LogP contribution is 2.31. The van der Waals surface area contributed by atoms with Gasteiger partial charge < -0.3 is 9.64 Å². The molecule has 7 heteroatoms. The summed E-state index contributed by atoms with van der Waals surface area (Å²) < 4.78 is 5.73. The first-order valence-corrected chi connectivity index (χ1v) is 11.8. The standard InChI is InChI=1S/C24H31N3O4/c28-22(26-12-10-25(11-13-26)16-19-7-4-14-31-19)17-8-9-20-21(15-17)24(30)27(23(20)29)18-5-2-1-3-6-18/h8-9,15,18-19H,1-7,10-14,16H2. The van der Waals surface area contributed by atoms with Crippen LogP contribution in [0.15, 0.2) is 18.2 Å². The van der Waals surface area contributed by atoms with Crippen LogP contribution >= 0.6 is 0 Å². The maximum Gasteiger partial charge on any atom is 0.261 e. The second-order valence-electron chi connectivity index (χ2n) is 9.26. The van der Waals surface area contributed by atoms with Crippen LogP contribution in [0, 0.1) is 0 Å². The number of benzene rings is 1. The number of ether oxygens (including phenoxy) is 1. The van der Waals surface area contributed by atoms with Crippen LogP contribution in [-0.2, 0) is 4.74 Å². The van der Waals surface area contributed by atoms with E-state index in [-0.39, 0.29) is 23.8 Å². The van der Waals surface area contributed by atoms with Crippen molar-refractivity contribution in [2.45, 2.75) is 57.1 Å². The second-order valence-corrected chi connectivity index (χ2v) is 9.26. The van der Waals surface area contributed by atoms with Crippen molar-refractivity contribution >= 4 is 17.7 Å². The first kappa shape index (κ1) is 20.6. The molecule has 0 bridgehead atoms. The highest BCUT2D eigenvalue weighted by molar-refractivity contribution is 6.22. The molecular weight excluding hydrogens is 394 g/mol. The monoisotopic (exact) mass is 425 g/mol. The molecule has 1 unspecified atom stereocenters. The van der Waals surface area contributed by atoms with E-state index in [1.807, 2.05) is 4.90 Å². The lowest BCUT2D eigenvalue weighted by Gasteiger charge is -2.35. The van der Waals surface area contributed by atoms with Crippen molar-refractivity contribution in [3.05, 3.63) is 34.9 Å². The molecule has 3 amide bonds. The number of imide groups is 1. The fourth-order valence-corrected chi connectivity index (χ4v) is 5.46. The van der Waals surface area contributed by atoms with E-state index < -0.39 is 0 Å². The number of piperazine rings is 1. The van der Waals surface area contributed by atoms with Crippen molar-refractivity contribution < 1.29 is 19.1 Å². The number of nitrogens with zero attached hydrogens (tertiary/aromatic N) is 3. The van der Waals surface area contributed by atoms with E-state index in [1.54, 1.807) is 18.2 Å². The molecule has 31 heavy (non-hydrogen) atoms. The highest BCUT2D eigenvalue weighted by Gasteiger charge is 2.40. The average molecular weight is 426 g/mol. The van der Waals surface area contributed by atoms with Gasteiger partial charge in [-0.1, -0.05) is 19.3 Å². The van der Waals surface area contributed by atoms with Crippen LogP contribution < -0.4 is 0 Å². The smallest absolute Gasteiger partial charge is 0.261 e. The van der Waals surface area contributed by atoms with Crippen molar-refractivity contribution in [2.24, 2.45) is 0 Å². The highest BCUT2D eigenvalue weighted by atomic mass is 16.5. The largest absolute Gasteiger partial charge is 0.377 e. The molecule has 3 aliphatic heterocycles. The van der Waals surface area contributed by atoms with Crippen molar-refractivity contribution in [3.63, 3.8) is 0 Å². The Morgan fingerprint density at radius 3 is 2.35 bits per heavy atom. The van der Waals surface area contributed by atoms with Gasteiger partial charge in [-0.15, -0.1) is 0 Å². The lowest BCUT2D eigenvalue weighted by molar-refractivity contribution is 0.0432. The van der Waals surface area contributed by atoms with Crippen molar-refractivity contribution in [1.29, 1.82) is 0 Å². The Labute approximate surface area is 183 Å². The van der Waals surface area contributed by atoms with Gasteiger partial charge in [-0.25, -0.2) is 0 Å². The van der Waals surface area contributed by atoms with Crippen molar-refractivity contribution in [3.8, 4) is 0 Å². The molecule has 0 N–H and O–H groups in total. The Balaban J connectivity index is 1.24. The van der Waals surface area contributed by atoms with E-state index in [0.29, 0.717) is 35.9 Å². The van der Waals surface area contributed by atoms with Gasteiger partial charge in [0.25, 0.3) is 17.7 Å². The quantitative estimate of drug-likeness (QED) is 0.694. The SMILES string of the molecule is O=C(c1ccc2c(c1)C(=O)N(C1CCCCC1)C2=O)N1CCN(CC2CCCO2)CC1. The zero-order chi connectivity index (χ0) is 21.4. The molecule has 5 rings (SSSR count). The first-order valence-electron chi connectivity index (χ1n) is 11.8. The minimum atomic E-state index is -0.233. The van der Waals surface area contributed by atoms with Crippen molar-refractivity contribution in [1.82, 2.24) is 14.7 Å². The van der Waals surface area contributed by atoms with Gasteiger partial charge in [0.05, 0.1) is 17.2 Å². The molecule has 0 aromatic heterocycles. The molecule has 3 heterocycles. The van der Waals surface area contributed by atoms with Crippen molar-refractivity contribution in [2.75, 3.05) is 39.3 Å². The Hall–Kier alpha value is -2.25. The maximum atomic E-state index is 13.1. The normalized spacial score (nSPS) is 25.4. The van der Waals surface area contributed by atoms with Crippen LogP contribution in [0.3, 0.4) is 0 Å². The van der Waals surface area contributed by atoms with Crippen LogP contribution in [0.1, 0.15) is 76.0 Å². The van der Waals surface area contributed by atoms with Crippen LogP contribution in [0.2, 0.25) is 0 Å². The van der Waals surface area contributed by atoms with Gasteiger partial charge in [0.15, 0.2) is 0 Å². The molecule has 4 aliphatic rings. The predicted molar refractivity (Wildman–Crippen MR) is 115 cm³/mol. The molecule has 0 spiro atoms. The molecule has 7 nitrogen and oxygen atoms in total. The predicted octanol–water partition coefficient (Wildman–Crippen LogP) is 2.55. The number of rotatable bonds is 4. The molecule has 2 saturated heterocycles. The molecule has 166 valence electrons. The summed E-state index contributed by atoms with van der Waals surface area (Å²) in [6, 6.07) is 5.01. The van der Waals surface area contributed by atoms with Crippen LogP contribution in [0.4, 0.5) is 0 Å².